The minimum atomic E-state index is 0.0230. The molecule has 0 aromatic rings. The number of allylic oxidation sites excluding steroid dienone is 6. The summed E-state index contributed by atoms with van der Waals surface area (Å²) in [5, 5.41) is 0. The van der Waals surface area contributed by atoms with E-state index < -0.39 is 0 Å². The van der Waals surface area contributed by atoms with E-state index in [-0.39, 0.29) is 22.4 Å². The van der Waals surface area contributed by atoms with E-state index in [1.54, 1.807) is 12.2 Å². The summed E-state index contributed by atoms with van der Waals surface area (Å²) in [6.45, 7) is 13.7. The summed E-state index contributed by atoms with van der Waals surface area (Å²) in [5.74, 6) is 2.57. The lowest BCUT2D eigenvalue weighted by atomic mass is 9.46. The van der Waals surface area contributed by atoms with E-state index in [2.05, 4.69) is 47.6 Å². The number of hydrogen-bond acceptors (Lipinski definition) is 3. The van der Waals surface area contributed by atoms with Gasteiger partial charge in [-0.25, -0.2) is 0 Å². The molecule has 0 N–H and O–H groups in total. The van der Waals surface area contributed by atoms with Gasteiger partial charge < -0.3 is 0 Å². The highest BCUT2D eigenvalue weighted by atomic mass is 32.2. The van der Waals surface area contributed by atoms with E-state index in [1.165, 1.54) is 36.6 Å². The molecule has 0 aromatic carbocycles. The third kappa shape index (κ3) is 3.84. The van der Waals surface area contributed by atoms with Crippen molar-refractivity contribution >= 4 is 23.3 Å². The molecule has 2 nitrogen and oxygen atoms in total. The van der Waals surface area contributed by atoms with E-state index >= 15 is 0 Å². The zero-order chi connectivity index (χ0) is 20.7. The molecule has 4 atom stereocenters. The van der Waals surface area contributed by atoms with Crippen LogP contribution >= 0.6 is 11.8 Å². The standard InChI is InChI=1S/C25H36O2S/c1-16(2)15-28-22-13-20(26)19(12-21(22)27)14-25(6)18(4)10-11-24(5)17(3)8-7-9-23(24)25/h8,12-13,16,18,23H,7,9-11,14-15H2,1-6H3. The Labute approximate surface area is 175 Å². The highest BCUT2D eigenvalue weighted by Gasteiger charge is 2.53. The molecule has 3 aliphatic carbocycles. The molecule has 0 aromatic heterocycles. The average Bonchev–Trinajstić information content (AvgIpc) is 2.62. The molecule has 3 rings (SSSR count). The molecule has 4 unspecified atom stereocenters. The van der Waals surface area contributed by atoms with E-state index in [0.717, 1.165) is 24.2 Å². The van der Waals surface area contributed by atoms with Gasteiger partial charge in [-0.3, -0.25) is 9.59 Å². The van der Waals surface area contributed by atoms with Crippen LogP contribution in [-0.2, 0) is 9.59 Å². The van der Waals surface area contributed by atoms with Crippen LogP contribution in [0.2, 0.25) is 0 Å². The van der Waals surface area contributed by atoms with Gasteiger partial charge in [-0.2, -0.15) is 0 Å². The van der Waals surface area contributed by atoms with Crippen molar-refractivity contribution in [2.45, 2.75) is 73.6 Å². The van der Waals surface area contributed by atoms with Crippen molar-refractivity contribution in [3.8, 4) is 0 Å². The van der Waals surface area contributed by atoms with Gasteiger partial charge >= 0.3 is 0 Å². The van der Waals surface area contributed by atoms with Crippen molar-refractivity contribution < 1.29 is 9.59 Å². The van der Waals surface area contributed by atoms with Crippen LogP contribution < -0.4 is 0 Å². The molecule has 0 heterocycles. The molecule has 1 saturated carbocycles. The molecule has 0 spiro atoms. The number of rotatable bonds is 5. The van der Waals surface area contributed by atoms with E-state index in [4.69, 9.17) is 0 Å². The Hall–Kier alpha value is -1.09. The SMILES string of the molecule is CC1=CCCC2C1(C)CCC(C)C2(C)CC1=CC(=O)C(SCC(C)C)=CC1=O. The van der Waals surface area contributed by atoms with Gasteiger partial charge in [0.15, 0.2) is 11.6 Å². The topological polar surface area (TPSA) is 34.1 Å². The van der Waals surface area contributed by atoms with Crippen LogP contribution in [0.15, 0.2) is 34.3 Å². The number of carbonyl (C=O) groups is 2. The largest absolute Gasteiger partial charge is 0.290 e. The first kappa shape index (κ1) is 21.6. The van der Waals surface area contributed by atoms with Gasteiger partial charge in [0.2, 0.25) is 0 Å². The lowest BCUT2D eigenvalue weighted by Crippen LogP contribution is -2.50. The number of fused-ring (bicyclic) bond motifs is 1. The maximum Gasteiger partial charge on any atom is 0.192 e. The Morgan fingerprint density at radius 1 is 1.14 bits per heavy atom. The average molecular weight is 401 g/mol. The van der Waals surface area contributed by atoms with Crippen LogP contribution in [0.25, 0.3) is 0 Å². The molecule has 0 bridgehead atoms. The Bertz CT molecular complexity index is 757. The Balaban J connectivity index is 1.84. The molecule has 3 heteroatoms. The Morgan fingerprint density at radius 2 is 1.86 bits per heavy atom. The molecular weight excluding hydrogens is 364 g/mol. The number of carbonyl (C=O) groups excluding carboxylic acids is 2. The van der Waals surface area contributed by atoms with Crippen molar-refractivity contribution in [1.82, 2.24) is 0 Å². The third-order valence-corrected chi connectivity index (χ3v) is 9.33. The van der Waals surface area contributed by atoms with E-state index in [1.807, 2.05) is 0 Å². The summed E-state index contributed by atoms with van der Waals surface area (Å²) in [4.78, 5) is 26.2. The number of ketones is 2. The quantitative estimate of drug-likeness (QED) is 0.389. The fourth-order valence-electron chi connectivity index (χ4n) is 5.71. The second kappa shape index (κ2) is 7.97. The van der Waals surface area contributed by atoms with Crippen molar-refractivity contribution in [2.75, 3.05) is 5.75 Å². The lowest BCUT2D eigenvalue weighted by Gasteiger charge is -2.58. The summed E-state index contributed by atoms with van der Waals surface area (Å²) in [5.41, 5.74) is 2.54. The van der Waals surface area contributed by atoms with Crippen LogP contribution in [0.1, 0.15) is 73.6 Å². The molecule has 1 fully saturated rings. The van der Waals surface area contributed by atoms with Crippen molar-refractivity contribution in [3.05, 3.63) is 34.3 Å². The smallest absolute Gasteiger partial charge is 0.192 e. The Morgan fingerprint density at radius 3 is 2.54 bits per heavy atom. The van der Waals surface area contributed by atoms with E-state index in [0.29, 0.717) is 22.7 Å². The van der Waals surface area contributed by atoms with Gasteiger partial charge in [0, 0.05) is 17.4 Å². The van der Waals surface area contributed by atoms with Gasteiger partial charge in [-0.15, -0.1) is 11.8 Å². The van der Waals surface area contributed by atoms with E-state index in [9.17, 15) is 9.59 Å². The second-order valence-corrected chi connectivity index (χ2v) is 11.2. The van der Waals surface area contributed by atoms with Crippen LogP contribution in [0, 0.1) is 28.6 Å². The van der Waals surface area contributed by atoms with Gasteiger partial charge in [-0.05, 0) is 73.7 Å². The maximum absolute atomic E-state index is 12.9. The summed E-state index contributed by atoms with van der Waals surface area (Å²) in [6.07, 6.45) is 11.2. The zero-order valence-corrected chi connectivity index (χ0v) is 19.2. The first-order valence-corrected chi connectivity index (χ1v) is 11.9. The molecule has 0 saturated heterocycles. The van der Waals surface area contributed by atoms with Crippen molar-refractivity contribution in [3.63, 3.8) is 0 Å². The summed E-state index contributed by atoms with van der Waals surface area (Å²) in [7, 11) is 0. The predicted molar refractivity (Wildman–Crippen MR) is 119 cm³/mol. The molecular formula is C25H36O2S. The van der Waals surface area contributed by atoms with Crippen LogP contribution in [0.3, 0.4) is 0 Å². The normalized spacial score (nSPS) is 36.0. The third-order valence-electron chi connectivity index (χ3n) is 7.86. The summed E-state index contributed by atoms with van der Waals surface area (Å²) in [6, 6.07) is 0. The zero-order valence-electron chi connectivity index (χ0n) is 18.4. The lowest BCUT2D eigenvalue weighted by molar-refractivity contribution is -0.115. The molecule has 0 amide bonds. The van der Waals surface area contributed by atoms with Crippen LogP contribution in [-0.4, -0.2) is 17.3 Å². The molecule has 154 valence electrons. The first-order chi connectivity index (χ1) is 13.1. The van der Waals surface area contributed by atoms with Crippen molar-refractivity contribution in [2.24, 2.45) is 28.6 Å². The highest BCUT2D eigenvalue weighted by Crippen LogP contribution is 2.62. The molecule has 3 aliphatic rings. The minimum Gasteiger partial charge on any atom is -0.290 e. The van der Waals surface area contributed by atoms with Gasteiger partial charge in [0.25, 0.3) is 0 Å². The molecule has 28 heavy (non-hydrogen) atoms. The Kier molecular flexibility index (Phi) is 6.15. The predicted octanol–water partition coefficient (Wildman–Crippen LogP) is 6.53. The fraction of sp³-hybridized carbons (Fsp3) is 0.680. The summed E-state index contributed by atoms with van der Waals surface area (Å²) >= 11 is 1.52. The first-order valence-electron chi connectivity index (χ1n) is 10.9. The van der Waals surface area contributed by atoms with Gasteiger partial charge in [0.1, 0.15) is 0 Å². The minimum absolute atomic E-state index is 0.0230. The fourth-order valence-corrected chi connectivity index (χ4v) is 6.61. The molecule has 0 radical (unpaired) electrons. The molecule has 0 aliphatic heterocycles. The van der Waals surface area contributed by atoms with Gasteiger partial charge in [0.05, 0.1) is 4.91 Å². The monoisotopic (exact) mass is 400 g/mol. The van der Waals surface area contributed by atoms with Gasteiger partial charge in [-0.1, -0.05) is 46.3 Å². The number of hydrogen-bond donors (Lipinski definition) is 0. The maximum atomic E-state index is 12.9. The second-order valence-electron chi connectivity index (χ2n) is 10.2. The highest BCUT2D eigenvalue weighted by molar-refractivity contribution is 8.04. The number of thioether (sulfide) groups is 1. The van der Waals surface area contributed by atoms with Crippen molar-refractivity contribution in [1.29, 1.82) is 0 Å². The van der Waals surface area contributed by atoms with Crippen LogP contribution in [0.5, 0.6) is 0 Å². The van der Waals surface area contributed by atoms with Crippen LogP contribution in [0.4, 0.5) is 0 Å². The summed E-state index contributed by atoms with van der Waals surface area (Å²) < 4.78 is 0.